The van der Waals surface area contributed by atoms with Crippen LogP contribution in [0, 0.1) is 0 Å². The van der Waals surface area contributed by atoms with Gasteiger partial charge >= 0.3 is 0 Å². The molecule has 0 unspecified atom stereocenters. The number of thiazole rings is 1. The Kier molecular flexibility index (Phi) is 3.39. The molecule has 0 saturated carbocycles. The van der Waals surface area contributed by atoms with E-state index in [1.165, 1.54) is 11.3 Å². The third kappa shape index (κ3) is 2.45. The van der Waals surface area contributed by atoms with E-state index >= 15 is 0 Å². The van der Waals surface area contributed by atoms with Gasteiger partial charge in [-0.05, 0) is 18.2 Å². The quantitative estimate of drug-likeness (QED) is 0.844. The molecule has 0 saturated heterocycles. The lowest BCUT2D eigenvalue weighted by Gasteiger charge is -1.96. The van der Waals surface area contributed by atoms with E-state index in [0.717, 1.165) is 16.0 Å². The van der Waals surface area contributed by atoms with Crippen molar-refractivity contribution in [2.24, 2.45) is 0 Å². The first-order valence-electron chi connectivity index (χ1n) is 5.08. The summed E-state index contributed by atoms with van der Waals surface area (Å²) in [5.41, 5.74) is 0.805. The maximum atomic E-state index is 11.7. The Morgan fingerprint density at radius 2 is 2.47 bits per heavy atom. The van der Waals surface area contributed by atoms with Crippen molar-refractivity contribution in [2.45, 2.75) is 0 Å². The summed E-state index contributed by atoms with van der Waals surface area (Å²) in [6.45, 7) is 3.99. The van der Waals surface area contributed by atoms with Crippen LogP contribution in [0.25, 0.3) is 10.2 Å². The molecule has 0 aliphatic carbocycles. The molecular formula is C12H12N2O2S. The predicted molar refractivity (Wildman–Crippen MR) is 68.7 cm³/mol. The fourth-order valence-corrected chi connectivity index (χ4v) is 2.28. The summed E-state index contributed by atoms with van der Waals surface area (Å²) in [7, 11) is 1.61. The number of rotatable bonds is 4. The molecule has 0 radical (unpaired) electrons. The fraction of sp³-hybridized carbons (Fsp3) is 0.167. The van der Waals surface area contributed by atoms with Crippen LogP contribution >= 0.6 is 11.3 Å². The highest BCUT2D eigenvalue weighted by molar-refractivity contribution is 7.20. The van der Waals surface area contributed by atoms with E-state index in [1.807, 2.05) is 18.2 Å². The number of carbonyl (C=O) groups is 1. The Balaban J connectivity index is 2.30. The molecule has 0 aliphatic rings. The highest BCUT2D eigenvalue weighted by atomic mass is 32.1. The normalized spacial score (nSPS) is 10.2. The first-order chi connectivity index (χ1) is 8.24. The third-order valence-electron chi connectivity index (χ3n) is 2.20. The van der Waals surface area contributed by atoms with Crippen LogP contribution in [0.2, 0.25) is 0 Å². The van der Waals surface area contributed by atoms with Gasteiger partial charge in [0.15, 0.2) is 5.01 Å². The molecule has 17 heavy (non-hydrogen) atoms. The molecule has 0 fully saturated rings. The topological polar surface area (TPSA) is 51.2 Å². The lowest BCUT2D eigenvalue weighted by Crippen LogP contribution is -2.22. The highest BCUT2D eigenvalue weighted by Crippen LogP contribution is 2.26. The minimum absolute atomic E-state index is 0.176. The number of benzene rings is 1. The van der Waals surface area contributed by atoms with Crippen molar-refractivity contribution in [3.63, 3.8) is 0 Å². The molecule has 88 valence electrons. The number of hydrogen-bond acceptors (Lipinski definition) is 4. The summed E-state index contributed by atoms with van der Waals surface area (Å²) in [6.07, 6.45) is 1.63. The van der Waals surface area contributed by atoms with E-state index in [2.05, 4.69) is 16.9 Å². The SMILES string of the molecule is C=CCNC(=O)c1nc2ccc(OC)cc2s1. The van der Waals surface area contributed by atoms with Crippen molar-refractivity contribution in [3.05, 3.63) is 35.9 Å². The maximum Gasteiger partial charge on any atom is 0.280 e. The van der Waals surface area contributed by atoms with Crippen LogP contribution in [0.3, 0.4) is 0 Å². The second-order valence-electron chi connectivity index (χ2n) is 3.35. The van der Waals surface area contributed by atoms with E-state index < -0.39 is 0 Å². The minimum Gasteiger partial charge on any atom is -0.497 e. The maximum absolute atomic E-state index is 11.7. The first kappa shape index (κ1) is 11.6. The standard InChI is InChI=1S/C12H12N2O2S/c1-3-6-13-11(15)12-14-9-5-4-8(16-2)7-10(9)17-12/h3-5,7H,1,6H2,2H3,(H,13,15). The number of amides is 1. The number of hydrogen-bond donors (Lipinski definition) is 1. The zero-order chi connectivity index (χ0) is 12.3. The smallest absolute Gasteiger partial charge is 0.280 e. The van der Waals surface area contributed by atoms with Gasteiger partial charge in [-0.1, -0.05) is 6.08 Å². The molecule has 1 amide bonds. The second-order valence-corrected chi connectivity index (χ2v) is 4.38. The highest BCUT2D eigenvalue weighted by Gasteiger charge is 2.11. The lowest BCUT2D eigenvalue weighted by atomic mass is 10.3. The van der Waals surface area contributed by atoms with Crippen LogP contribution in [0.15, 0.2) is 30.9 Å². The Morgan fingerprint density at radius 1 is 1.65 bits per heavy atom. The summed E-state index contributed by atoms with van der Waals surface area (Å²) >= 11 is 1.35. The van der Waals surface area contributed by atoms with Crippen molar-refractivity contribution in [1.82, 2.24) is 10.3 Å². The number of fused-ring (bicyclic) bond motifs is 1. The zero-order valence-electron chi connectivity index (χ0n) is 9.40. The van der Waals surface area contributed by atoms with Gasteiger partial charge in [0.05, 0.1) is 17.3 Å². The van der Waals surface area contributed by atoms with Gasteiger partial charge in [-0.2, -0.15) is 0 Å². The Morgan fingerprint density at radius 3 is 3.18 bits per heavy atom. The van der Waals surface area contributed by atoms with Gasteiger partial charge in [-0.15, -0.1) is 17.9 Å². The molecule has 0 spiro atoms. The molecule has 2 aromatic rings. The summed E-state index contributed by atoms with van der Waals surface area (Å²) in [6, 6.07) is 5.54. The molecule has 1 aromatic carbocycles. The molecule has 0 atom stereocenters. The number of aromatic nitrogens is 1. The van der Waals surface area contributed by atoms with E-state index in [1.54, 1.807) is 13.2 Å². The minimum atomic E-state index is -0.176. The van der Waals surface area contributed by atoms with Crippen molar-refractivity contribution in [2.75, 3.05) is 13.7 Å². The van der Waals surface area contributed by atoms with Crippen molar-refractivity contribution in [1.29, 1.82) is 0 Å². The van der Waals surface area contributed by atoms with E-state index in [0.29, 0.717) is 11.6 Å². The van der Waals surface area contributed by atoms with Gasteiger partial charge in [0.25, 0.3) is 5.91 Å². The monoisotopic (exact) mass is 248 g/mol. The van der Waals surface area contributed by atoms with Crippen molar-refractivity contribution < 1.29 is 9.53 Å². The molecule has 0 bridgehead atoms. The first-order valence-corrected chi connectivity index (χ1v) is 5.90. The van der Waals surface area contributed by atoms with Gasteiger partial charge in [0, 0.05) is 6.54 Å². The van der Waals surface area contributed by atoms with Crippen LogP contribution in [0.4, 0.5) is 0 Å². The average molecular weight is 248 g/mol. The summed E-state index contributed by atoms with van der Waals surface area (Å²) < 4.78 is 6.06. The second kappa shape index (κ2) is 4.97. The number of nitrogens with one attached hydrogen (secondary N) is 1. The van der Waals surface area contributed by atoms with Crippen LogP contribution in [-0.4, -0.2) is 24.5 Å². The summed E-state index contributed by atoms with van der Waals surface area (Å²) in [5, 5.41) is 3.15. The Labute approximate surface area is 103 Å². The molecule has 2 rings (SSSR count). The van der Waals surface area contributed by atoms with Gasteiger partial charge in [-0.25, -0.2) is 4.98 Å². The number of methoxy groups -OCH3 is 1. The zero-order valence-corrected chi connectivity index (χ0v) is 10.2. The van der Waals surface area contributed by atoms with Gasteiger partial charge in [-0.3, -0.25) is 4.79 Å². The molecule has 1 aromatic heterocycles. The van der Waals surface area contributed by atoms with Crippen molar-refractivity contribution in [3.8, 4) is 5.75 Å². The largest absolute Gasteiger partial charge is 0.497 e. The molecule has 4 nitrogen and oxygen atoms in total. The molecule has 0 aliphatic heterocycles. The molecule has 1 N–H and O–H groups in total. The third-order valence-corrected chi connectivity index (χ3v) is 3.21. The van der Waals surface area contributed by atoms with Gasteiger partial charge in [0.2, 0.25) is 0 Å². The van der Waals surface area contributed by atoms with Gasteiger partial charge < -0.3 is 10.1 Å². The Hall–Kier alpha value is -1.88. The predicted octanol–water partition coefficient (Wildman–Crippen LogP) is 2.22. The molecule has 5 heteroatoms. The van der Waals surface area contributed by atoms with Crippen LogP contribution in [0.5, 0.6) is 5.75 Å². The average Bonchev–Trinajstić information content (AvgIpc) is 2.78. The lowest BCUT2D eigenvalue weighted by molar-refractivity contribution is 0.0958. The van der Waals surface area contributed by atoms with Crippen LogP contribution in [0.1, 0.15) is 9.80 Å². The summed E-state index contributed by atoms with van der Waals surface area (Å²) in [5.74, 6) is 0.587. The fourth-order valence-electron chi connectivity index (χ4n) is 1.37. The van der Waals surface area contributed by atoms with E-state index in [-0.39, 0.29) is 5.91 Å². The van der Waals surface area contributed by atoms with Gasteiger partial charge in [0.1, 0.15) is 5.75 Å². The molecule has 1 heterocycles. The Bertz CT molecular complexity index is 563. The van der Waals surface area contributed by atoms with Crippen molar-refractivity contribution >= 4 is 27.5 Å². The summed E-state index contributed by atoms with van der Waals surface area (Å²) in [4.78, 5) is 15.9. The number of nitrogens with zero attached hydrogens (tertiary/aromatic N) is 1. The van der Waals surface area contributed by atoms with E-state index in [9.17, 15) is 4.79 Å². The van der Waals surface area contributed by atoms with Crippen LogP contribution < -0.4 is 10.1 Å². The number of ether oxygens (including phenoxy) is 1. The molecular weight excluding hydrogens is 236 g/mol. The van der Waals surface area contributed by atoms with E-state index in [4.69, 9.17) is 4.74 Å². The number of carbonyl (C=O) groups excluding carboxylic acids is 1. The van der Waals surface area contributed by atoms with Crippen LogP contribution in [-0.2, 0) is 0 Å².